The summed E-state index contributed by atoms with van der Waals surface area (Å²) in [4.78, 5) is 25.6. The molecule has 2 fully saturated rings. The molecule has 27 heavy (non-hydrogen) atoms. The number of halogens is 4. The first-order chi connectivity index (χ1) is 12.6. The van der Waals surface area contributed by atoms with Crippen LogP contribution in [0.25, 0.3) is 10.1 Å². The summed E-state index contributed by atoms with van der Waals surface area (Å²) < 4.78 is 46.9. The molecule has 11 heteroatoms. The number of ether oxygens (including phenoxy) is 2. The van der Waals surface area contributed by atoms with Gasteiger partial charge in [0.1, 0.15) is 22.8 Å². The molecule has 1 N–H and O–H groups in total. The van der Waals surface area contributed by atoms with Crippen LogP contribution in [0.5, 0.6) is 5.75 Å². The van der Waals surface area contributed by atoms with Crippen LogP contribution in [0.1, 0.15) is 15.2 Å². The highest BCUT2D eigenvalue weighted by molar-refractivity contribution is 7.21. The monoisotopic (exact) mass is 420 g/mol. The van der Waals surface area contributed by atoms with Crippen molar-refractivity contribution in [2.75, 3.05) is 19.7 Å². The van der Waals surface area contributed by atoms with Gasteiger partial charge in [0.15, 0.2) is 0 Å². The molecule has 1 aromatic heterocycles. The molecule has 1 aromatic carbocycles. The number of benzene rings is 1. The van der Waals surface area contributed by atoms with E-state index in [0.29, 0.717) is 10.1 Å². The average Bonchev–Trinajstić information content (AvgIpc) is 3.06. The summed E-state index contributed by atoms with van der Waals surface area (Å²) >= 11 is 7.32. The maximum absolute atomic E-state index is 12.7. The lowest BCUT2D eigenvalue weighted by molar-refractivity contribution is -0.274. The van der Waals surface area contributed by atoms with E-state index in [1.54, 1.807) is 0 Å². The number of cyclic esters (lactones) is 1. The van der Waals surface area contributed by atoms with Crippen molar-refractivity contribution in [2.24, 2.45) is 0 Å². The van der Waals surface area contributed by atoms with E-state index in [0.717, 1.165) is 11.3 Å². The molecule has 0 atom stereocenters. The van der Waals surface area contributed by atoms with Gasteiger partial charge in [0.2, 0.25) is 0 Å². The van der Waals surface area contributed by atoms with Crippen LogP contribution >= 0.6 is 22.9 Å². The summed E-state index contributed by atoms with van der Waals surface area (Å²) in [6.07, 6.45) is -5.33. The lowest BCUT2D eigenvalue weighted by atomic mass is 9.91. The van der Waals surface area contributed by atoms with E-state index in [4.69, 9.17) is 16.3 Å². The molecule has 2 aliphatic rings. The number of hydrogen-bond donors (Lipinski definition) is 1. The maximum atomic E-state index is 12.7. The fourth-order valence-corrected chi connectivity index (χ4v) is 4.69. The second-order valence-electron chi connectivity index (χ2n) is 6.55. The number of aryl methyl sites for hydroxylation is 1. The SMILES string of the molecule is Cc1cc2c(Cl)c(C(=O)N3CC4(COC(=O)N4)C3)sc2cc1OC(F)(F)F. The van der Waals surface area contributed by atoms with E-state index in [9.17, 15) is 22.8 Å². The van der Waals surface area contributed by atoms with Crippen LogP contribution in [0.4, 0.5) is 18.0 Å². The predicted octanol–water partition coefficient (Wildman–Crippen LogP) is 3.70. The van der Waals surface area contributed by atoms with Gasteiger partial charge in [0.05, 0.1) is 5.02 Å². The molecule has 6 nitrogen and oxygen atoms in total. The summed E-state index contributed by atoms with van der Waals surface area (Å²) in [6.45, 7) is 2.22. The van der Waals surface area contributed by atoms with Crippen LogP contribution < -0.4 is 10.1 Å². The van der Waals surface area contributed by atoms with Gasteiger partial charge in [-0.25, -0.2) is 4.79 Å². The van der Waals surface area contributed by atoms with E-state index in [1.165, 1.54) is 24.0 Å². The summed E-state index contributed by atoms with van der Waals surface area (Å²) in [5.41, 5.74) is -0.313. The third kappa shape index (κ3) is 3.16. The molecule has 144 valence electrons. The number of rotatable bonds is 2. The normalized spacial score (nSPS) is 18.4. The minimum absolute atomic E-state index is 0.188. The van der Waals surface area contributed by atoms with E-state index >= 15 is 0 Å². The van der Waals surface area contributed by atoms with Crippen LogP contribution in [-0.2, 0) is 4.74 Å². The standard InChI is InChI=1S/C16H12ClF3N2O4S/c1-7-2-8-10(3-9(7)26-16(18,19)20)27-12(11(8)17)13(23)22-4-15(5-22)6-25-14(24)21-15/h2-3H,4-6H2,1H3,(H,21,24). The Bertz CT molecular complexity index is 969. The highest BCUT2D eigenvalue weighted by Gasteiger charge is 2.51. The second-order valence-corrected chi connectivity index (χ2v) is 7.98. The Kier molecular flexibility index (Phi) is 3.97. The first-order valence-electron chi connectivity index (χ1n) is 7.79. The van der Waals surface area contributed by atoms with Gasteiger partial charge < -0.3 is 19.7 Å². The lowest BCUT2D eigenvalue weighted by Gasteiger charge is -2.45. The Hall–Kier alpha value is -2.20. The quantitative estimate of drug-likeness (QED) is 0.804. The number of likely N-dealkylation sites (tertiary alicyclic amines) is 1. The summed E-state index contributed by atoms with van der Waals surface area (Å²) in [7, 11) is 0. The molecule has 3 heterocycles. The van der Waals surface area contributed by atoms with Crippen molar-refractivity contribution < 1.29 is 32.2 Å². The van der Waals surface area contributed by atoms with Gasteiger partial charge in [0.25, 0.3) is 5.91 Å². The van der Waals surface area contributed by atoms with Gasteiger partial charge in [-0.05, 0) is 24.6 Å². The zero-order valence-corrected chi connectivity index (χ0v) is 15.3. The van der Waals surface area contributed by atoms with Crippen LogP contribution in [0.2, 0.25) is 5.02 Å². The molecule has 0 aliphatic carbocycles. The van der Waals surface area contributed by atoms with Gasteiger partial charge in [0, 0.05) is 23.2 Å². The Morgan fingerprint density at radius 1 is 1.41 bits per heavy atom. The summed E-state index contributed by atoms with van der Waals surface area (Å²) in [5.74, 6) is -0.676. The van der Waals surface area contributed by atoms with Crippen LogP contribution in [-0.4, -0.2) is 48.5 Å². The Labute approximate surface area is 159 Å². The number of nitrogens with one attached hydrogen (secondary N) is 1. The lowest BCUT2D eigenvalue weighted by Crippen LogP contribution is -2.69. The van der Waals surface area contributed by atoms with Gasteiger partial charge >= 0.3 is 12.5 Å². The topological polar surface area (TPSA) is 67.9 Å². The Morgan fingerprint density at radius 3 is 2.70 bits per heavy atom. The van der Waals surface area contributed by atoms with Gasteiger partial charge in [-0.1, -0.05) is 11.6 Å². The first-order valence-corrected chi connectivity index (χ1v) is 8.99. The molecule has 2 saturated heterocycles. The Morgan fingerprint density at radius 2 is 2.11 bits per heavy atom. The number of carbonyl (C=O) groups excluding carboxylic acids is 2. The molecule has 2 aliphatic heterocycles. The van der Waals surface area contributed by atoms with Crippen molar-refractivity contribution in [3.05, 3.63) is 27.6 Å². The third-order valence-corrected chi connectivity index (χ3v) is 6.11. The van der Waals surface area contributed by atoms with Crippen molar-refractivity contribution in [2.45, 2.75) is 18.8 Å². The number of fused-ring (bicyclic) bond motifs is 1. The predicted molar refractivity (Wildman–Crippen MR) is 91.4 cm³/mol. The van der Waals surface area contributed by atoms with Gasteiger partial charge in [-0.3, -0.25) is 4.79 Å². The minimum Gasteiger partial charge on any atom is -0.447 e. The number of carbonyl (C=O) groups is 2. The highest BCUT2D eigenvalue weighted by atomic mass is 35.5. The number of hydrogen-bond acceptors (Lipinski definition) is 5. The molecular weight excluding hydrogens is 409 g/mol. The summed E-state index contributed by atoms with van der Waals surface area (Å²) in [5, 5.41) is 3.35. The van der Waals surface area contributed by atoms with E-state index < -0.39 is 18.0 Å². The van der Waals surface area contributed by atoms with Gasteiger partial charge in [-0.15, -0.1) is 24.5 Å². The second kappa shape index (κ2) is 5.90. The molecular formula is C16H12ClF3N2O4S. The van der Waals surface area contributed by atoms with E-state index in [-0.39, 0.29) is 46.8 Å². The molecule has 4 rings (SSSR count). The fraction of sp³-hybridized carbons (Fsp3) is 0.375. The van der Waals surface area contributed by atoms with E-state index in [1.807, 2.05) is 0 Å². The Balaban J connectivity index is 1.60. The molecule has 1 spiro atoms. The van der Waals surface area contributed by atoms with Crippen molar-refractivity contribution in [1.82, 2.24) is 10.2 Å². The van der Waals surface area contributed by atoms with Crippen LogP contribution in [0.15, 0.2) is 12.1 Å². The van der Waals surface area contributed by atoms with Crippen LogP contribution in [0.3, 0.4) is 0 Å². The largest absolute Gasteiger partial charge is 0.573 e. The molecule has 2 aromatic rings. The van der Waals surface area contributed by atoms with Gasteiger partial charge in [-0.2, -0.15) is 0 Å². The number of amides is 2. The molecule has 0 saturated carbocycles. The average molecular weight is 421 g/mol. The molecule has 0 radical (unpaired) electrons. The molecule has 0 unspecified atom stereocenters. The van der Waals surface area contributed by atoms with Crippen molar-refractivity contribution in [3.8, 4) is 5.75 Å². The zero-order chi connectivity index (χ0) is 19.6. The number of alkyl carbamates (subject to hydrolysis) is 1. The first kappa shape index (κ1) is 18.2. The van der Waals surface area contributed by atoms with Crippen molar-refractivity contribution in [3.63, 3.8) is 0 Å². The van der Waals surface area contributed by atoms with Crippen LogP contribution in [0, 0.1) is 6.92 Å². The number of nitrogens with zero attached hydrogens (tertiary/aromatic N) is 1. The molecule has 2 amide bonds. The smallest absolute Gasteiger partial charge is 0.447 e. The minimum atomic E-state index is -4.81. The number of thiophene rings is 1. The third-order valence-electron chi connectivity index (χ3n) is 4.47. The molecule has 0 bridgehead atoms. The fourth-order valence-electron chi connectivity index (χ4n) is 3.21. The summed E-state index contributed by atoms with van der Waals surface area (Å²) in [6, 6.07) is 2.70. The highest BCUT2D eigenvalue weighted by Crippen LogP contribution is 2.41. The maximum Gasteiger partial charge on any atom is 0.573 e. The number of alkyl halides is 3. The van der Waals surface area contributed by atoms with Crippen molar-refractivity contribution >= 4 is 45.0 Å². The zero-order valence-electron chi connectivity index (χ0n) is 13.8. The van der Waals surface area contributed by atoms with E-state index in [2.05, 4.69) is 10.1 Å². The van der Waals surface area contributed by atoms with Crippen molar-refractivity contribution in [1.29, 1.82) is 0 Å².